The summed E-state index contributed by atoms with van der Waals surface area (Å²) in [5, 5.41) is 5.20. The number of carbonyl (C=O) groups is 4. The maximum absolute atomic E-state index is 12.3. The van der Waals surface area contributed by atoms with Crippen LogP contribution in [0.15, 0.2) is 24.3 Å². The average Bonchev–Trinajstić information content (AvgIpc) is 3.02. The van der Waals surface area contributed by atoms with Crippen LogP contribution in [-0.4, -0.2) is 54.8 Å². The number of carbonyl (C=O) groups excluding carboxylic acids is 4. The van der Waals surface area contributed by atoms with Gasteiger partial charge >= 0.3 is 5.97 Å². The van der Waals surface area contributed by atoms with Gasteiger partial charge in [0.25, 0.3) is 5.91 Å². The van der Waals surface area contributed by atoms with E-state index < -0.39 is 11.9 Å². The molecule has 1 aromatic carbocycles. The third kappa shape index (κ3) is 4.81. The standard InChI is InChI=1S/C18H23N3O5/c1-11(2)21-10-13(8-15(21)22)18(25)20-14-6-4-12(5-7-14)17(24)19-9-16(23)26-3/h4-7,11,13H,8-10H2,1-3H3,(H,19,24)(H,20,25). The van der Waals surface area contributed by atoms with E-state index in [-0.39, 0.29) is 36.7 Å². The summed E-state index contributed by atoms with van der Waals surface area (Å²) in [6, 6.07) is 6.36. The first-order valence-electron chi connectivity index (χ1n) is 8.37. The minimum absolute atomic E-state index is 0.0159. The third-order valence-corrected chi connectivity index (χ3v) is 4.19. The molecule has 0 aromatic heterocycles. The van der Waals surface area contributed by atoms with Gasteiger partial charge in [-0.15, -0.1) is 0 Å². The largest absolute Gasteiger partial charge is 0.468 e. The van der Waals surface area contributed by atoms with E-state index in [2.05, 4.69) is 15.4 Å². The number of nitrogens with zero attached hydrogens (tertiary/aromatic N) is 1. The molecule has 1 saturated heterocycles. The molecule has 140 valence electrons. The van der Waals surface area contributed by atoms with Gasteiger partial charge in [0, 0.05) is 30.3 Å². The van der Waals surface area contributed by atoms with Crippen LogP contribution in [0.25, 0.3) is 0 Å². The monoisotopic (exact) mass is 361 g/mol. The fraction of sp³-hybridized carbons (Fsp3) is 0.444. The molecule has 1 aromatic rings. The molecule has 1 unspecified atom stereocenters. The maximum atomic E-state index is 12.3. The summed E-state index contributed by atoms with van der Waals surface area (Å²) in [7, 11) is 1.24. The smallest absolute Gasteiger partial charge is 0.325 e. The Morgan fingerprint density at radius 2 is 1.88 bits per heavy atom. The Morgan fingerprint density at radius 3 is 2.42 bits per heavy atom. The van der Waals surface area contributed by atoms with Crippen molar-refractivity contribution in [2.45, 2.75) is 26.3 Å². The van der Waals surface area contributed by atoms with Crippen LogP contribution in [0.2, 0.25) is 0 Å². The Morgan fingerprint density at radius 1 is 1.23 bits per heavy atom. The Labute approximate surface area is 151 Å². The average molecular weight is 361 g/mol. The summed E-state index contributed by atoms with van der Waals surface area (Å²) in [4.78, 5) is 48.9. The first-order chi connectivity index (χ1) is 12.3. The third-order valence-electron chi connectivity index (χ3n) is 4.19. The molecule has 1 aliphatic rings. The minimum Gasteiger partial charge on any atom is -0.468 e. The highest BCUT2D eigenvalue weighted by Crippen LogP contribution is 2.22. The van der Waals surface area contributed by atoms with Crippen LogP contribution in [0.3, 0.4) is 0 Å². The van der Waals surface area contributed by atoms with E-state index in [9.17, 15) is 19.2 Å². The minimum atomic E-state index is -0.538. The molecule has 8 heteroatoms. The second kappa shape index (κ2) is 8.46. The van der Waals surface area contributed by atoms with Crippen LogP contribution in [0.1, 0.15) is 30.6 Å². The summed E-state index contributed by atoms with van der Waals surface area (Å²) in [5.41, 5.74) is 0.892. The van der Waals surface area contributed by atoms with Gasteiger partial charge in [0.2, 0.25) is 11.8 Å². The zero-order valence-corrected chi connectivity index (χ0v) is 15.1. The molecule has 0 spiro atoms. The van der Waals surface area contributed by atoms with Gasteiger partial charge in [-0.3, -0.25) is 19.2 Å². The summed E-state index contributed by atoms with van der Waals surface area (Å²) < 4.78 is 4.45. The molecule has 8 nitrogen and oxygen atoms in total. The predicted octanol–water partition coefficient (Wildman–Crippen LogP) is 0.785. The lowest BCUT2D eigenvalue weighted by Gasteiger charge is -2.20. The number of nitrogens with one attached hydrogen (secondary N) is 2. The van der Waals surface area contributed by atoms with Crippen molar-refractivity contribution >= 4 is 29.4 Å². The van der Waals surface area contributed by atoms with Crippen molar-refractivity contribution in [2.24, 2.45) is 5.92 Å². The van der Waals surface area contributed by atoms with Crippen molar-refractivity contribution in [1.29, 1.82) is 0 Å². The molecule has 1 atom stereocenters. The van der Waals surface area contributed by atoms with Crippen LogP contribution in [0, 0.1) is 5.92 Å². The van der Waals surface area contributed by atoms with Gasteiger partial charge in [-0.05, 0) is 38.1 Å². The van der Waals surface area contributed by atoms with Crippen molar-refractivity contribution in [3.8, 4) is 0 Å². The fourth-order valence-electron chi connectivity index (χ4n) is 2.68. The maximum Gasteiger partial charge on any atom is 0.325 e. The molecule has 26 heavy (non-hydrogen) atoms. The van der Waals surface area contributed by atoms with E-state index in [1.165, 1.54) is 7.11 Å². The second-order valence-corrected chi connectivity index (χ2v) is 6.37. The van der Waals surface area contributed by atoms with E-state index in [0.29, 0.717) is 17.8 Å². The van der Waals surface area contributed by atoms with Gasteiger partial charge in [-0.1, -0.05) is 0 Å². The molecule has 0 radical (unpaired) electrons. The van der Waals surface area contributed by atoms with Crippen molar-refractivity contribution < 1.29 is 23.9 Å². The summed E-state index contributed by atoms with van der Waals surface area (Å²) in [6.45, 7) is 4.04. The van der Waals surface area contributed by atoms with Crippen molar-refractivity contribution in [2.75, 3.05) is 25.5 Å². The topological polar surface area (TPSA) is 105 Å². The predicted molar refractivity (Wildman–Crippen MR) is 94.4 cm³/mol. The van der Waals surface area contributed by atoms with E-state index in [4.69, 9.17) is 0 Å². The highest BCUT2D eigenvalue weighted by molar-refractivity contribution is 5.99. The molecule has 1 heterocycles. The summed E-state index contributed by atoms with van der Waals surface area (Å²) in [6.07, 6.45) is 0.206. The van der Waals surface area contributed by atoms with Gasteiger partial charge in [-0.2, -0.15) is 0 Å². The van der Waals surface area contributed by atoms with Crippen LogP contribution in [0.4, 0.5) is 5.69 Å². The first-order valence-corrected chi connectivity index (χ1v) is 8.37. The Kier molecular flexibility index (Phi) is 6.32. The molecule has 3 amide bonds. The molecular formula is C18H23N3O5. The number of benzene rings is 1. The second-order valence-electron chi connectivity index (χ2n) is 6.37. The van der Waals surface area contributed by atoms with Gasteiger partial charge in [0.15, 0.2) is 0 Å². The Balaban J connectivity index is 1.91. The quantitative estimate of drug-likeness (QED) is 0.729. The van der Waals surface area contributed by atoms with Crippen LogP contribution in [-0.2, 0) is 19.1 Å². The molecular weight excluding hydrogens is 338 g/mol. The van der Waals surface area contributed by atoms with Gasteiger partial charge in [0.1, 0.15) is 6.54 Å². The Hall–Kier alpha value is -2.90. The fourth-order valence-corrected chi connectivity index (χ4v) is 2.68. The summed E-state index contributed by atoms with van der Waals surface area (Å²) in [5.74, 6) is -1.57. The highest BCUT2D eigenvalue weighted by Gasteiger charge is 2.35. The van der Waals surface area contributed by atoms with Gasteiger partial charge < -0.3 is 20.3 Å². The molecule has 2 N–H and O–H groups in total. The number of rotatable bonds is 6. The van der Waals surface area contributed by atoms with Crippen LogP contribution in [0.5, 0.6) is 0 Å². The zero-order valence-electron chi connectivity index (χ0n) is 15.1. The zero-order chi connectivity index (χ0) is 19.3. The number of esters is 1. The molecule has 0 aliphatic carbocycles. The van der Waals surface area contributed by atoms with Gasteiger partial charge in [-0.25, -0.2) is 0 Å². The number of methoxy groups -OCH3 is 1. The number of hydrogen-bond acceptors (Lipinski definition) is 5. The van der Waals surface area contributed by atoms with E-state index in [1.807, 2.05) is 13.8 Å². The molecule has 0 saturated carbocycles. The Bertz CT molecular complexity index is 699. The first kappa shape index (κ1) is 19.4. The van der Waals surface area contributed by atoms with E-state index in [0.717, 1.165) is 0 Å². The SMILES string of the molecule is COC(=O)CNC(=O)c1ccc(NC(=O)C2CC(=O)N(C(C)C)C2)cc1. The lowest BCUT2D eigenvalue weighted by molar-refractivity contribution is -0.139. The lowest BCUT2D eigenvalue weighted by atomic mass is 10.1. The number of likely N-dealkylation sites (tertiary alicyclic amines) is 1. The lowest BCUT2D eigenvalue weighted by Crippen LogP contribution is -2.33. The van der Waals surface area contributed by atoms with Crippen LogP contribution < -0.4 is 10.6 Å². The molecule has 2 rings (SSSR count). The van der Waals surface area contributed by atoms with Gasteiger partial charge in [0.05, 0.1) is 13.0 Å². The normalized spacial score (nSPS) is 16.5. The number of amides is 3. The van der Waals surface area contributed by atoms with Crippen molar-refractivity contribution in [3.05, 3.63) is 29.8 Å². The van der Waals surface area contributed by atoms with E-state index in [1.54, 1.807) is 29.2 Å². The molecule has 1 aliphatic heterocycles. The summed E-state index contributed by atoms with van der Waals surface area (Å²) >= 11 is 0. The number of hydrogen-bond donors (Lipinski definition) is 2. The van der Waals surface area contributed by atoms with E-state index >= 15 is 0 Å². The van der Waals surface area contributed by atoms with Crippen molar-refractivity contribution in [3.63, 3.8) is 0 Å². The molecule has 1 fully saturated rings. The van der Waals surface area contributed by atoms with Crippen LogP contribution >= 0.6 is 0 Å². The molecule has 0 bridgehead atoms. The number of ether oxygens (including phenoxy) is 1. The highest BCUT2D eigenvalue weighted by atomic mass is 16.5. The van der Waals surface area contributed by atoms with Crippen molar-refractivity contribution in [1.82, 2.24) is 10.2 Å². The number of anilines is 1.